The molecule has 1 unspecified atom stereocenters. The van der Waals surface area contributed by atoms with Crippen LogP contribution in [0.25, 0.3) is 0 Å². The lowest BCUT2D eigenvalue weighted by Crippen LogP contribution is -2.45. The van der Waals surface area contributed by atoms with Crippen LogP contribution >= 0.6 is 24.0 Å². The Bertz CT molecular complexity index is 665. The normalized spacial score (nSPS) is 18.0. The Morgan fingerprint density at radius 3 is 2.55 bits per heavy atom. The Balaban J connectivity index is 0.00000341. The molecule has 1 aromatic rings. The van der Waals surface area contributed by atoms with E-state index in [4.69, 9.17) is 9.47 Å². The number of nitrogens with zero attached hydrogens (tertiary/aromatic N) is 3. The number of hydrogen-bond donors (Lipinski definition) is 2. The molecule has 8 heteroatoms. The molecule has 7 nitrogen and oxygen atoms in total. The van der Waals surface area contributed by atoms with Crippen molar-refractivity contribution in [2.45, 2.75) is 37.8 Å². The van der Waals surface area contributed by atoms with Gasteiger partial charge in [-0.1, -0.05) is 18.2 Å². The largest absolute Gasteiger partial charge is 0.496 e. The average molecular weight is 546 g/mol. The van der Waals surface area contributed by atoms with Crippen molar-refractivity contribution in [2.75, 3.05) is 67.1 Å². The monoisotopic (exact) mass is 545 g/mol. The van der Waals surface area contributed by atoms with Gasteiger partial charge in [-0.2, -0.15) is 0 Å². The van der Waals surface area contributed by atoms with Gasteiger partial charge in [0.2, 0.25) is 0 Å². The minimum atomic E-state index is 0. The number of halogens is 1. The maximum absolute atomic E-state index is 5.65. The van der Waals surface area contributed by atoms with E-state index in [2.05, 4.69) is 43.6 Å². The molecule has 1 aromatic carbocycles. The van der Waals surface area contributed by atoms with E-state index in [1.54, 1.807) is 14.2 Å². The summed E-state index contributed by atoms with van der Waals surface area (Å²) >= 11 is 0. The Labute approximate surface area is 205 Å². The molecule has 1 saturated heterocycles. The number of methoxy groups -OCH3 is 2. The molecule has 0 bridgehead atoms. The minimum absolute atomic E-state index is 0. The van der Waals surface area contributed by atoms with E-state index in [9.17, 15) is 0 Å². The second-order valence-corrected chi connectivity index (χ2v) is 8.14. The zero-order valence-corrected chi connectivity index (χ0v) is 21.6. The molecule has 31 heavy (non-hydrogen) atoms. The first-order valence-electron chi connectivity index (χ1n) is 11.3. The molecule has 1 aliphatic carbocycles. The Kier molecular flexibility index (Phi) is 11.9. The molecule has 176 valence electrons. The second kappa shape index (κ2) is 14.1. The van der Waals surface area contributed by atoms with Gasteiger partial charge in [-0.15, -0.1) is 24.0 Å². The number of benzene rings is 1. The van der Waals surface area contributed by atoms with Crippen molar-refractivity contribution in [3.8, 4) is 5.75 Å². The summed E-state index contributed by atoms with van der Waals surface area (Å²) in [5.41, 5.74) is 1.24. The van der Waals surface area contributed by atoms with Gasteiger partial charge in [0, 0.05) is 51.9 Å². The Morgan fingerprint density at radius 1 is 1.16 bits per heavy atom. The molecule has 1 heterocycles. The first kappa shape index (κ1) is 26.2. The van der Waals surface area contributed by atoms with Crippen LogP contribution in [0.4, 0.5) is 0 Å². The van der Waals surface area contributed by atoms with Crippen molar-refractivity contribution in [1.82, 2.24) is 20.4 Å². The van der Waals surface area contributed by atoms with Gasteiger partial charge in [0.1, 0.15) is 5.75 Å². The van der Waals surface area contributed by atoms with Gasteiger partial charge in [-0.3, -0.25) is 14.8 Å². The predicted molar refractivity (Wildman–Crippen MR) is 138 cm³/mol. The van der Waals surface area contributed by atoms with Gasteiger partial charge in [-0.25, -0.2) is 0 Å². The molecular weight excluding hydrogens is 505 g/mol. The highest BCUT2D eigenvalue weighted by Crippen LogP contribution is 2.31. The van der Waals surface area contributed by atoms with Crippen LogP contribution in [0.3, 0.4) is 0 Å². The molecule has 0 aromatic heterocycles. The molecule has 3 rings (SSSR count). The Morgan fingerprint density at radius 2 is 1.90 bits per heavy atom. The van der Waals surface area contributed by atoms with Crippen LogP contribution in [0.1, 0.15) is 37.3 Å². The number of likely N-dealkylation sites (tertiary alicyclic amines) is 1. The van der Waals surface area contributed by atoms with E-state index in [1.807, 2.05) is 13.1 Å². The van der Waals surface area contributed by atoms with Gasteiger partial charge < -0.3 is 20.1 Å². The third-order valence-electron chi connectivity index (χ3n) is 6.10. The fraction of sp³-hybridized carbons (Fsp3) is 0.696. The fourth-order valence-electron chi connectivity index (χ4n) is 4.29. The van der Waals surface area contributed by atoms with Gasteiger partial charge in [-0.05, 0) is 44.8 Å². The summed E-state index contributed by atoms with van der Waals surface area (Å²) in [4.78, 5) is 9.52. The van der Waals surface area contributed by atoms with E-state index in [-0.39, 0.29) is 30.0 Å². The van der Waals surface area contributed by atoms with Crippen molar-refractivity contribution < 1.29 is 9.47 Å². The summed E-state index contributed by atoms with van der Waals surface area (Å²) in [6, 6.07) is 9.38. The molecule has 2 N–H and O–H groups in total. The fourth-order valence-corrected chi connectivity index (χ4v) is 4.29. The summed E-state index contributed by atoms with van der Waals surface area (Å²) in [5.74, 6) is 1.81. The summed E-state index contributed by atoms with van der Waals surface area (Å²) in [6.45, 7) is 6.74. The standard InChI is InChI=1S/C23H39N5O2.HI/c1-24-23(25-12-15-27(16-17-29-2)19-10-11-19)26-18-21(28-13-6-7-14-28)20-8-4-5-9-22(20)30-3;/h4-5,8-9,19,21H,6-7,10-18H2,1-3H3,(H2,24,25,26);1H. The lowest BCUT2D eigenvalue weighted by molar-refractivity contribution is 0.144. The van der Waals surface area contributed by atoms with E-state index < -0.39 is 0 Å². The lowest BCUT2D eigenvalue weighted by atomic mass is 10.0. The second-order valence-electron chi connectivity index (χ2n) is 8.14. The molecule has 2 fully saturated rings. The first-order chi connectivity index (χ1) is 14.8. The summed E-state index contributed by atoms with van der Waals surface area (Å²) in [6.07, 6.45) is 5.15. The van der Waals surface area contributed by atoms with Gasteiger partial charge >= 0.3 is 0 Å². The lowest BCUT2D eigenvalue weighted by Gasteiger charge is -2.30. The quantitative estimate of drug-likeness (QED) is 0.240. The first-order valence-corrected chi connectivity index (χ1v) is 11.3. The highest BCUT2D eigenvalue weighted by Gasteiger charge is 2.28. The van der Waals surface area contributed by atoms with Crippen LogP contribution in [0.15, 0.2) is 29.3 Å². The number of nitrogens with one attached hydrogen (secondary N) is 2. The molecule has 1 aliphatic heterocycles. The van der Waals surface area contributed by atoms with E-state index in [0.29, 0.717) is 0 Å². The van der Waals surface area contributed by atoms with Gasteiger partial charge in [0.15, 0.2) is 5.96 Å². The SMILES string of the molecule is CN=C(NCCN(CCOC)C1CC1)NCC(c1ccccc1OC)N1CCCC1.I. The van der Waals surface area contributed by atoms with Crippen LogP contribution < -0.4 is 15.4 Å². The van der Waals surface area contributed by atoms with Crippen molar-refractivity contribution in [2.24, 2.45) is 4.99 Å². The molecule has 2 aliphatic rings. The van der Waals surface area contributed by atoms with E-state index in [1.165, 1.54) is 31.2 Å². The van der Waals surface area contributed by atoms with E-state index in [0.717, 1.165) is 63.6 Å². The maximum atomic E-state index is 5.65. The van der Waals surface area contributed by atoms with Crippen molar-refractivity contribution in [1.29, 1.82) is 0 Å². The topological polar surface area (TPSA) is 61.4 Å². The van der Waals surface area contributed by atoms with Crippen LogP contribution in [0.2, 0.25) is 0 Å². The van der Waals surface area contributed by atoms with Crippen LogP contribution in [-0.4, -0.2) is 88.9 Å². The summed E-state index contributed by atoms with van der Waals surface area (Å²) in [7, 11) is 5.36. The van der Waals surface area contributed by atoms with Crippen molar-refractivity contribution in [3.05, 3.63) is 29.8 Å². The smallest absolute Gasteiger partial charge is 0.191 e. The molecule has 0 radical (unpaired) electrons. The number of ether oxygens (including phenoxy) is 2. The molecule has 1 saturated carbocycles. The van der Waals surface area contributed by atoms with Crippen LogP contribution in [-0.2, 0) is 4.74 Å². The van der Waals surface area contributed by atoms with Crippen molar-refractivity contribution in [3.63, 3.8) is 0 Å². The number of hydrogen-bond acceptors (Lipinski definition) is 5. The van der Waals surface area contributed by atoms with Gasteiger partial charge in [0.05, 0.1) is 19.8 Å². The molecular formula is C23H40IN5O2. The molecule has 0 amide bonds. The van der Waals surface area contributed by atoms with Crippen LogP contribution in [0, 0.1) is 0 Å². The summed E-state index contributed by atoms with van der Waals surface area (Å²) < 4.78 is 10.9. The predicted octanol–water partition coefficient (Wildman–Crippen LogP) is 2.73. The third kappa shape index (κ3) is 8.07. The molecule has 0 spiro atoms. The number of rotatable bonds is 12. The number of guanidine groups is 1. The zero-order chi connectivity index (χ0) is 21.2. The van der Waals surface area contributed by atoms with Crippen molar-refractivity contribution >= 4 is 29.9 Å². The maximum Gasteiger partial charge on any atom is 0.191 e. The number of aliphatic imine (C=N–C) groups is 1. The number of para-hydroxylation sites is 1. The summed E-state index contributed by atoms with van der Waals surface area (Å²) in [5, 5.41) is 7.05. The highest BCUT2D eigenvalue weighted by atomic mass is 127. The zero-order valence-electron chi connectivity index (χ0n) is 19.3. The Hall–Kier alpha value is -1.10. The van der Waals surface area contributed by atoms with E-state index >= 15 is 0 Å². The van der Waals surface area contributed by atoms with Gasteiger partial charge in [0.25, 0.3) is 0 Å². The minimum Gasteiger partial charge on any atom is -0.496 e. The molecule has 1 atom stereocenters. The third-order valence-corrected chi connectivity index (χ3v) is 6.10. The van der Waals surface area contributed by atoms with Crippen LogP contribution in [0.5, 0.6) is 5.75 Å². The average Bonchev–Trinajstić information content (AvgIpc) is 3.49. The highest BCUT2D eigenvalue weighted by molar-refractivity contribution is 14.0.